The molecule has 1 fully saturated rings. The number of phenols is 1. The number of hydrogen-bond acceptors (Lipinski definition) is 8. The number of anilines is 1. The first-order valence-electron chi connectivity index (χ1n) is 16.2. The molecule has 0 bridgehead atoms. The lowest BCUT2D eigenvalue weighted by Gasteiger charge is -2.36. The van der Waals surface area contributed by atoms with Crippen molar-refractivity contribution in [3.05, 3.63) is 53.1 Å². The van der Waals surface area contributed by atoms with Gasteiger partial charge in [0.2, 0.25) is 5.91 Å². The van der Waals surface area contributed by atoms with Gasteiger partial charge in [-0.3, -0.25) is 9.59 Å². The number of nitrogens with zero attached hydrogens (tertiary/aromatic N) is 3. The zero-order valence-electron chi connectivity index (χ0n) is 27.2. The summed E-state index contributed by atoms with van der Waals surface area (Å²) in [6, 6.07) is 12.9. The van der Waals surface area contributed by atoms with Crippen LogP contribution in [0.2, 0.25) is 0 Å². The van der Waals surface area contributed by atoms with Crippen molar-refractivity contribution in [3.63, 3.8) is 0 Å². The van der Waals surface area contributed by atoms with Gasteiger partial charge in [0.1, 0.15) is 17.0 Å². The van der Waals surface area contributed by atoms with Gasteiger partial charge in [-0.15, -0.1) is 0 Å². The fourth-order valence-electron chi connectivity index (χ4n) is 5.81. The largest absolute Gasteiger partial charge is 0.506 e. The highest BCUT2D eigenvalue weighted by Gasteiger charge is 2.29. The Morgan fingerprint density at radius 2 is 1.85 bits per heavy atom. The van der Waals surface area contributed by atoms with Gasteiger partial charge < -0.3 is 34.4 Å². The Morgan fingerprint density at radius 1 is 1.07 bits per heavy atom. The van der Waals surface area contributed by atoms with Crippen LogP contribution >= 0.6 is 0 Å². The molecule has 248 valence electrons. The topological polar surface area (TPSA) is 141 Å². The number of nitriles is 1. The number of nitrogens with one attached hydrogen (secondary N) is 1. The molecule has 1 aliphatic carbocycles. The lowest BCUT2D eigenvalue weighted by molar-refractivity contribution is -0.135. The van der Waals surface area contributed by atoms with E-state index in [2.05, 4.69) is 11.4 Å². The molecule has 11 nitrogen and oxygen atoms in total. The molecule has 2 aromatic rings. The van der Waals surface area contributed by atoms with Crippen LogP contribution in [0.3, 0.4) is 0 Å². The van der Waals surface area contributed by atoms with Crippen LogP contribution in [0.4, 0.5) is 10.5 Å². The zero-order chi connectivity index (χ0) is 33.1. The Balaban J connectivity index is 1.39. The molecule has 46 heavy (non-hydrogen) atoms. The highest BCUT2D eigenvalue weighted by molar-refractivity contribution is 5.97. The third kappa shape index (κ3) is 10.1. The van der Waals surface area contributed by atoms with Crippen LogP contribution in [0.1, 0.15) is 76.0 Å². The lowest BCUT2D eigenvalue weighted by atomic mass is 9.94. The molecule has 0 aromatic heterocycles. The summed E-state index contributed by atoms with van der Waals surface area (Å²) >= 11 is 0. The number of benzene rings is 2. The van der Waals surface area contributed by atoms with Crippen molar-refractivity contribution in [1.29, 1.82) is 5.26 Å². The number of fused-ring (bicyclic) bond motifs is 1. The first-order chi connectivity index (χ1) is 22.0. The fourth-order valence-corrected chi connectivity index (χ4v) is 5.81. The molecule has 2 aromatic carbocycles. The van der Waals surface area contributed by atoms with Crippen molar-refractivity contribution in [2.24, 2.45) is 0 Å². The molecule has 0 saturated heterocycles. The fraction of sp³-hybridized carbons (Fsp3) is 0.543. The predicted octanol–water partition coefficient (Wildman–Crippen LogP) is 5.19. The molecule has 0 atom stereocenters. The van der Waals surface area contributed by atoms with Crippen LogP contribution in [-0.4, -0.2) is 83.9 Å². The minimum Gasteiger partial charge on any atom is -0.506 e. The highest BCUT2D eigenvalue weighted by Crippen LogP contribution is 2.39. The van der Waals surface area contributed by atoms with E-state index in [9.17, 15) is 19.5 Å². The van der Waals surface area contributed by atoms with Gasteiger partial charge in [-0.05, 0) is 75.8 Å². The van der Waals surface area contributed by atoms with Crippen molar-refractivity contribution in [2.45, 2.75) is 83.8 Å². The van der Waals surface area contributed by atoms with Crippen LogP contribution in [0.15, 0.2) is 36.4 Å². The van der Waals surface area contributed by atoms with E-state index in [-0.39, 0.29) is 62.0 Å². The number of ether oxygens (including phenoxy) is 3. The van der Waals surface area contributed by atoms with Crippen LogP contribution in [0, 0.1) is 11.3 Å². The highest BCUT2D eigenvalue weighted by atomic mass is 16.6. The monoisotopic (exact) mass is 634 g/mol. The van der Waals surface area contributed by atoms with Gasteiger partial charge in [-0.2, -0.15) is 5.26 Å². The van der Waals surface area contributed by atoms with E-state index in [1.807, 2.05) is 43.9 Å². The van der Waals surface area contributed by atoms with Gasteiger partial charge in [0.15, 0.2) is 12.4 Å². The average molecular weight is 635 g/mol. The number of rotatable bonds is 13. The minimum atomic E-state index is -0.702. The molecule has 0 unspecified atom stereocenters. The number of hydrogen-bond donors (Lipinski definition) is 2. The summed E-state index contributed by atoms with van der Waals surface area (Å²) in [7, 11) is 0. The van der Waals surface area contributed by atoms with Crippen molar-refractivity contribution in [3.8, 4) is 17.6 Å². The Labute approximate surface area is 271 Å². The SMILES string of the molecule is CC(C)(C)OC(=O)N(CCc1ccc(O)c2c1OCC(=O)N2)CCN(C(=O)CCOCCc1cccc(C#N)c1)C1CCCCC1. The summed E-state index contributed by atoms with van der Waals surface area (Å²) < 4.78 is 17.2. The zero-order valence-corrected chi connectivity index (χ0v) is 27.2. The van der Waals surface area contributed by atoms with Crippen LogP contribution in [0.25, 0.3) is 0 Å². The van der Waals surface area contributed by atoms with E-state index in [4.69, 9.17) is 19.5 Å². The van der Waals surface area contributed by atoms with E-state index in [0.717, 1.165) is 43.2 Å². The summed E-state index contributed by atoms with van der Waals surface area (Å²) in [5.74, 6) is -0.0482. The molecule has 1 aliphatic heterocycles. The van der Waals surface area contributed by atoms with Gasteiger partial charge in [-0.25, -0.2) is 4.79 Å². The van der Waals surface area contributed by atoms with Gasteiger partial charge >= 0.3 is 6.09 Å². The third-order valence-electron chi connectivity index (χ3n) is 8.13. The predicted molar refractivity (Wildman–Crippen MR) is 173 cm³/mol. The third-order valence-corrected chi connectivity index (χ3v) is 8.13. The molecule has 4 rings (SSSR count). The molecule has 11 heteroatoms. The molecule has 0 spiro atoms. The summed E-state index contributed by atoms with van der Waals surface area (Å²) in [5, 5.41) is 22.0. The van der Waals surface area contributed by atoms with E-state index in [1.165, 1.54) is 6.07 Å². The molecule has 3 amide bonds. The maximum Gasteiger partial charge on any atom is 0.410 e. The Hall–Kier alpha value is -4.30. The number of aromatic hydroxyl groups is 1. The number of carbonyl (C=O) groups is 3. The quantitative estimate of drug-likeness (QED) is 0.227. The van der Waals surface area contributed by atoms with Crippen LogP contribution < -0.4 is 10.1 Å². The van der Waals surface area contributed by atoms with Gasteiger partial charge in [-0.1, -0.05) is 37.5 Å². The van der Waals surface area contributed by atoms with Gasteiger partial charge in [0, 0.05) is 25.7 Å². The Morgan fingerprint density at radius 3 is 2.59 bits per heavy atom. The molecule has 0 radical (unpaired) electrons. The summed E-state index contributed by atoms with van der Waals surface area (Å²) in [5.41, 5.74) is 1.88. The molecule has 2 aliphatic rings. The second-order valence-corrected chi connectivity index (χ2v) is 12.8. The molecule has 1 heterocycles. The standard InChI is InChI=1S/C35H46N4O7/c1-35(2,3)46-34(43)38(17-14-27-12-13-29(40)32-33(27)45-24-30(41)37-32)18-19-39(28-10-5-4-6-11-28)31(42)16-21-44-20-15-25-8-7-9-26(22-25)23-36/h7-9,12-13,22,28,40H,4-6,10-11,14-21,24H2,1-3H3,(H,37,41). The lowest BCUT2D eigenvalue weighted by Crippen LogP contribution is -2.48. The van der Waals surface area contributed by atoms with E-state index >= 15 is 0 Å². The van der Waals surface area contributed by atoms with Crippen molar-refractivity contribution < 1.29 is 33.7 Å². The molecule has 1 saturated carbocycles. The van der Waals surface area contributed by atoms with Crippen LogP contribution in [-0.2, 0) is 31.9 Å². The van der Waals surface area contributed by atoms with E-state index in [1.54, 1.807) is 17.0 Å². The second-order valence-electron chi connectivity index (χ2n) is 12.8. The minimum absolute atomic E-state index is 0.000683. The first kappa shape index (κ1) is 34.6. The summed E-state index contributed by atoms with van der Waals surface area (Å²) in [6.45, 7) is 6.96. The average Bonchev–Trinajstić information content (AvgIpc) is 3.03. The van der Waals surface area contributed by atoms with Crippen molar-refractivity contribution in [2.75, 3.05) is 44.8 Å². The molecule has 2 N–H and O–H groups in total. The van der Waals surface area contributed by atoms with Crippen molar-refractivity contribution in [1.82, 2.24) is 9.80 Å². The van der Waals surface area contributed by atoms with Crippen molar-refractivity contribution >= 4 is 23.6 Å². The molecular weight excluding hydrogens is 588 g/mol. The maximum absolute atomic E-state index is 13.6. The summed E-state index contributed by atoms with van der Waals surface area (Å²) in [6.07, 6.45) is 5.93. The van der Waals surface area contributed by atoms with E-state index < -0.39 is 11.7 Å². The molecular formula is C35H46N4O7. The Bertz CT molecular complexity index is 1410. The normalized spacial score (nSPS) is 14.8. The van der Waals surface area contributed by atoms with Gasteiger partial charge in [0.25, 0.3) is 5.91 Å². The Kier molecular flexibility index (Phi) is 12.3. The second kappa shape index (κ2) is 16.3. The van der Waals surface area contributed by atoms with E-state index in [0.29, 0.717) is 37.3 Å². The number of phenolic OH excluding ortho intramolecular Hbond substituents is 1. The van der Waals surface area contributed by atoms with Gasteiger partial charge in [0.05, 0.1) is 31.3 Å². The summed E-state index contributed by atoms with van der Waals surface area (Å²) in [4.78, 5) is 42.3. The first-order valence-corrected chi connectivity index (χ1v) is 16.2. The number of amides is 3. The maximum atomic E-state index is 13.6. The smallest absolute Gasteiger partial charge is 0.410 e. The van der Waals surface area contributed by atoms with Crippen LogP contribution in [0.5, 0.6) is 11.5 Å². The number of carbonyl (C=O) groups excluding carboxylic acids is 3.